The van der Waals surface area contributed by atoms with Gasteiger partial charge in [0.05, 0.1) is 22.2 Å². The van der Waals surface area contributed by atoms with Gasteiger partial charge in [0.2, 0.25) is 0 Å². The highest BCUT2D eigenvalue weighted by molar-refractivity contribution is 7.99. The molecule has 0 bridgehead atoms. The molecule has 11 heteroatoms. The maximum atomic E-state index is 13.8. The second-order valence-electron chi connectivity index (χ2n) is 7.91. The summed E-state index contributed by atoms with van der Waals surface area (Å²) >= 11 is 7.53. The number of carbonyl (C=O) groups excluding carboxylic acids is 1. The fourth-order valence-electron chi connectivity index (χ4n) is 3.77. The quantitative estimate of drug-likeness (QED) is 0.223. The number of para-hydroxylation sites is 1. The Balaban J connectivity index is 1.91. The Morgan fingerprint density at radius 1 is 1.14 bits per heavy atom. The van der Waals surface area contributed by atoms with Gasteiger partial charge in [-0.05, 0) is 38.1 Å². The third-order valence-corrected chi connectivity index (χ3v) is 6.87. The fraction of sp³-hybridized carbons (Fsp3) is 0.160. The topological polar surface area (TPSA) is 125 Å². The molecule has 182 valence electrons. The molecule has 9 nitrogen and oxygen atoms in total. The molecular formula is C25H22ClN7O2S. The molecule has 0 unspecified atom stereocenters. The minimum atomic E-state index is -0.442. The van der Waals surface area contributed by atoms with Gasteiger partial charge in [-0.1, -0.05) is 53.7 Å². The largest absolute Gasteiger partial charge is 0.401 e. The summed E-state index contributed by atoms with van der Waals surface area (Å²) in [6.07, 6.45) is 0. The van der Waals surface area contributed by atoms with E-state index >= 15 is 0 Å². The standard InChI is InChI=1S/C25H22ClN7O2S/c1-15(28)19(13-27)21(34)14-36-25-30-29-23(18-11-7-8-12-20(18)26)32(25)22-16(2)31(3)33(24(22)35)17-9-5-4-6-10-17/h4-12H,14,28H2,1-3H3/b19-15+. The Bertz CT molecular complexity index is 1590. The van der Waals surface area contributed by atoms with Gasteiger partial charge >= 0.3 is 0 Å². The number of Topliss-reactive ketones (excluding diaryl/α,β-unsaturated/α-hetero) is 1. The summed E-state index contributed by atoms with van der Waals surface area (Å²) in [5, 5.41) is 18.6. The summed E-state index contributed by atoms with van der Waals surface area (Å²) in [5.74, 6) is -0.202. The normalized spacial score (nSPS) is 11.8. The lowest BCUT2D eigenvalue weighted by Crippen LogP contribution is -2.22. The van der Waals surface area contributed by atoms with Crippen molar-refractivity contribution in [3.8, 4) is 28.8 Å². The molecule has 0 radical (unpaired) electrons. The van der Waals surface area contributed by atoms with Crippen LogP contribution in [0, 0.1) is 18.3 Å². The van der Waals surface area contributed by atoms with E-state index in [4.69, 9.17) is 17.3 Å². The third kappa shape index (κ3) is 4.46. The number of allylic oxidation sites excluding steroid dienone is 2. The van der Waals surface area contributed by atoms with Crippen molar-refractivity contribution in [1.82, 2.24) is 24.1 Å². The summed E-state index contributed by atoms with van der Waals surface area (Å²) in [6, 6.07) is 18.2. The maximum absolute atomic E-state index is 13.8. The van der Waals surface area contributed by atoms with Crippen molar-refractivity contribution in [2.45, 2.75) is 19.0 Å². The average Bonchev–Trinajstić information content (AvgIpc) is 3.36. The minimum absolute atomic E-state index is 0.109. The number of aromatic nitrogens is 5. The highest BCUT2D eigenvalue weighted by atomic mass is 35.5. The van der Waals surface area contributed by atoms with Gasteiger partial charge in [-0.2, -0.15) is 5.26 Å². The molecule has 0 saturated heterocycles. The molecule has 0 atom stereocenters. The Morgan fingerprint density at radius 3 is 2.44 bits per heavy atom. The fourth-order valence-corrected chi connectivity index (χ4v) is 4.80. The van der Waals surface area contributed by atoms with E-state index < -0.39 is 5.78 Å². The number of hydrogen-bond acceptors (Lipinski definition) is 7. The molecule has 0 aliphatic carbocycles. The zero-order chi connectivity index (χ0) is 26.0. The lowest BCUT2D eigenvalue weighted by atomic mass is 10.2. The van der Waals surface area contributed by atoms with E-state index in [1.807, 2.05) is 49.4 Å². The van der Waals surface area contributed by atoms with E-state index in [0.29, 0.717) is 38.6 Å². The van der Waals surface area contributed by atoms with Crippen molar-refractivity contribution in [2.24, 2.45) is 12.8 Å². The van der Waals surface area contributed by atoms with Gasteiger partial charge in [-0.3, -0.25) is 18.8 Å². The molecule has 2 N–H and O–H groups in total. The molecule has 0 aliphatic rings. The summed E-state index contributed by atoms with van der Waals surface area (Å²) < 4.78 is 4.91. The second kappa shape index (κ2) is 10.3. The molecular weight excluding hydrogens is 498 g/mol. The van der Waals surface area contributed by atoms with Crippen molar-refractivity contribution in [2.75, 3.05) is 5.75 Å². The number of thioether (sulfide) groups is 1. The molecule has 4 aromatic rings. The first-order valence-corrected chi connectivity index (χ1v) is 12.2. The second-order valence-corrected chi connectivity index (χ2v) is 9.26. The van der Waals surface area contributed by atoms with Crippen molar-refractivity contribution in [3.63, 3.8) is 0 Å². The molecule has 0 spiro atoms. The predicted molar refractivity (Wildman–Crippen MR) is 139 cm³/mol. The van der Waals surface area contributed by atoms with Gasteiger partial charge in [-0.25, -0.2) is 4.68 Å². The Kier molecular flexibility index (Phi) is 7.15. The Hall–Kier alpha value is -4.07. The van der Waals surface area contributed by atoms with Crippen LogP contribution in [0.3, 0.4) is 0 Å². The SMILES string of the molecule is C/C(N)=C(/C#N)C(=O)CSc1nnc(-c2ccccc2Cl)n1-c1c(C)n(C)n(-c2ccccc2)c1=O. The third-order valence-electron chi connectivity index (χ3n) is 5.61. The van der Waals surface area contributed by atoms with Crippen LogP contribution in [0.1, 0.15) is 12.6 Å². The van der Waals surface area contributed by atoms with Crippen LogP contribution in [-0.2, 0) is 11.8 Å². The van der Waals surface area contributed by atoms with Gasteiger partial charge in [0.15, 0.2) is 16.8 Å². The lowest BCUT2D eigenvalue weighted by Gasteiger charge is -2.10. The number of nitrogens with two attached hydrogens (primary N) is 1. The molecule has 0 aliphatic heterocycles. The van der Waals surface area contributed by atoms with Crippen LogP contribution in [0.4, 0.5) is 0 Å². The first kappa shape index (κ1) is 25.0. The minimum Gasteiger partial charge on any atom is -0.401 e. The van der Waals surface area contributed by atoms with Crippen LogP contribution in [0.15, 0.2) is 75.8 Å². The van der Waals surface area contributed by atoms with Gasteiger partial charge in [-0.15, -0.1) is 10.2 Å². The number of hydrogen-bond donors (Lipinski definition) is 1. The average molecular weight is 520 g/mol. The van der Waals surface area contributed by atoms with Crippen LogP contribution < -0.4 is 11.3 Å². The number of benzene rings is 2. The first-order valence-electron chi connectivity index (χ1n) is 10.8. The number of rotatable bonds is 7. The highest BCUT2D eigenvalue weighted by Crippen LogP contribution is 2.32. The van der Waals surface area contributed by atoms with Crippen LogP contribution in [0.2, 0.25) is 5.02 Å². The summed E-state index contributed by atoms with van der Waals surface area (Å²) in [6.45, 7) is 3.32. The lowest BCUT2D eigenvalue weighted by molar-refractivity contribution is -0.112. The van der Waals surface area contributed by atoms with Crippen molar-refractivity contribution in [1.29, 1.82) is 5.26 Å². The van der Waals surface area contributed by atoms with Crippen LogP contribution in [0.25, 0.3) is 22.8 Å². The number of nitrogens with zero attached hydrogens (tertiary/aromatic N) is 6. The zero-order valence-electron chi connectivity index (χ0n) is 19.8. The summed E-state index contributed by atoms with van der Waals surface area (Å²) in [4.78, 5) is 26.4. The molecule has 0 saturated carbocycles. The van der Waals surface area contributed by atoms with E-state index in [-0.39, 0.29) is 22.6 Å². The van der Waals surface area contributed by atoms with Gasteiger partial charge in [0.25, 0.3) is 5.56 Å². The smallest absolute Gasteiger partial charge is 0.296 e. The van der Waals surface area contributed by atoms with E-state index in [1.54, 1.807) is 39.2 Å². The van der Waals surface area contributed by atoms with Crippen LogP contribution in [0.5, 0.6) is 0 Å². The van der Waals surface area contributed by atoms with E-state index in [1.165, 1.54) is 6.92 Å². The Morgan fingerprint density at radius 2 is 1.81 bits per heavy atom. The summed E-state index contributed by atoms with van der Waals surface area (Å²) in [5.41, 5.74) is 7.67. The van der Waals surface area contributed by atoms with E-state index in [0.717, 1.165) is 11.8 Å². The van der Waals surface area contributed by atoms with Gasteiger partial charge < -0.3 is 5.73 Å². The van der Waals surface area contributed by atoms with Crippen molar-refractivity contribution >= 4 is 29.1 Å². The van der Waals surface area contributed by atoms with E-state index in [2.05, 4.69) is 10.2 Å². The number of halogens is 1. The maximum Gasteiger partial charge on any atom is 0.296 e. The van der Waals surface area contributed by atoms with Crippen LogP contribution in [-0.4, -0.2) is 35.7 Å². The highest BCUT2D eigenvalue weighted by Gasteiger charge is 2.26. The van der Waals surface area contributed by atoms with Crippen molar-refractivity contribution in [3.05, 3.63) is 86.9 Å². The number of carbonyl (C=O) groups is 1. The molecule has 0 amide bonds. The molecule has 2 heterocycles. The van der Waals surface area contributed by atoms with Crippen molar-refractivity contribution < 1.29 is 4.79 Å². The Labute approximate surface area is 216 Å². The first-order chi connectivity index (χ1) is 17.3. The molecule has 4 rings (SSSR count). The molecule has 36 heavy (non-hydrogen) atoms. The number of ketones is 1. The molecule has 0 fully saturated rings. The van der Waals surface area contributed by atoms with E-state index in [9.17, 15) is 14.9 Å². The summed E-state index contributed by atoms with van der Waals surface area (Å²) in [7, 11) is 1.79. The zero-order valence-corrected chi connectivity index (χ0v) is 21.3. The van der Waals surface area contributed by atoms with Gasteiger partial charge in [0.1, 0.15) is 17.3 Å². The number of nitriles is 1. The monoisotopic (exact) mass is 519 g/mol. The predicted octanol–water partition coefficient (Wildman–Crippen LogP) is 3.80. The van der Waals surface area contributed by atoms with Crippen LogP contribution >= 0.6 is 23.4 Å². The van der Waals surface area contributed by atoms with Gasteiger partial charge in [0, 0.05) is 18.3 Å². The molecule has 2 aromatic carbocycles. The molecule has 2 aromatic heterocycles.